The van der Waals surface area contributed by atoms with Crippen molar-refractivity contribution in [1.82, 2.24) is 0 Å². The van der Waals surface area contributed by atoms with Crippen molar-refractivity contribution in [3.63, 3.8) is 0 Å². The molecule has 1 heteroatoms. The molecule has 0 N–H and O–H groups in total. The Balaban J connectivity index is 5.15. The minimum Gasteiger partial charge on any atom is -0.294 e. The van der Waals surface area contributed by atoms with Crippen LogP contribution >= 0.6 is 0 Å². The van der Waals surface area contributed by atoms with Crippen LogP contribution in [0, 0.1) is 5.92 Å². The molecule has 0 rings (SSSR count). The average molecular weight is 194 g/mol. The van der Waals surface area contributed by atoms with E-state index in [-0.39, 0.29) is 11.7 Å². The van der Waals surface area contributed by atoms with Gasteiger partial charge in [-0.15, -0.1) is 0 Å². The second-order valence-electron chi connectivity index (χ2n) is 4.39. The van der Waals surface area contributed by atoms with E-state index in [0.29, 0.717) is 0 Å². The highest BCUT2D eigenvalue weighted by Gasteiger charge is 2.12. The molecule has 0 aliphatic carbocycles. The molecule has 14 heavy (non-hydrogen) atoms. The molecule has 0 saturated heterocycles. The predicted octanol–water partition coefficient (Wildman–Crippen LogP) is 3.90. The number of Topliss-reactive ketones (excluding diaryl/α,β-unsaturated/α-hetero) is 1. The smallest absolute Gasteiger partial charge is 0.161 e. The summed E-state index contributed by atoms with van der Waals surface area (Å²) >= 11 is 0. The number of hydrogen-bond acceptors (Lipinski definition) is 1. The summed E-state index contributed by atoms with van der Waals surface area (Å²) in [6.45, 7) is 14.1. The summed E-state index contributed by atoms with van der Waals surface area (Å²) in [5, 5.41) is 0. The highest BCUT2D eigenvalue weighted by Crippen LogP contribution is 2.19. The summed E-state index contributed by atoms with van der Waals surface area (Å²) in [5.41, 5.74) is 4.54. The van der Waals surface area contributed by atoms with E-state index in [0.717, 1.165) is 11.1 Å². The Kier molecular flexibility index (Phi) is 4.82. The maximum atomic E-state index is 11.7. The third kappa shape index (κ3) is 3.13. The lowest BCUT2D eigenvalue weighted by atomic mass is 9.93. The summed E-state index contributed by atoms with van der Waals surface area (Å²) < 4.78 is 0. The number of allylic oxidation sites excluding steroid dienone is 4. The van der Waals surface area contributed by atoms with Crippen LogP contribution in [0.15, 0.2) is 22.3 Å². The Morgan fingerprint density at radius 1 is 0.786 bits per heavy atom. The van der Waals surface area contributed by atoms with Crippen molar-refractivity contribution in [1.29, 1.82) is 0 Å². The first-order valence-electron chi connectivity index (χ1n) is 5.15. The largest absolute Gasteiger partial charge is 0.294 e. The molecule has 0 saturated carbocycles. The highest BCUT2D eigenvalue weighted by atomic mass is 16.1. The second-order valence-corrected chi connectivity index (χ2v) is 4.39. The van der Waals surface area contributed by atoms with Crippen molar-refractivity contribution in [3.8, 4) is 0 Å². The van der Waals surface area contributed by atoms with Crippen molar-refractivity contribution in [2.24, 2.45) is 5.92 Å². The minimum absolute atomic E-state index is 0.0925. The van der Waals surface area contributed by atoms with E-state index in [1.165, 1.54) is 11.1 Å². The fraction of sp³-hybridized carbons (Fsp3) is 0.615. The zero-order chi connectivity index (χ0) is 11.5. The molecule has 0 aromatic carbocycles. The van der Waals surface area contributed by atoms with E-state index in [9.17, 15) is 4.79 Å². The molecular formula is C13H22O. The van der Waals surface area contributed by atoms with Gasteiger partial charge in [-0.2, -0.15) is 0 Å². The molecule has 0 bridgehead atoms. The Morgan fingerprint density at radius 3 is 1.50 bits per heavy atom. The number of rotatable bonds is 3. The van der Waals surface area contributed by atoms with Crippen LogP contribution in [0.25, 0.3) is 0 Å². The summed E-state index contributed by atoms with van der Waals surface area (Å²) in [6.07, 6.45) is 0. The topological polar surface area (TPSA) is 17.1 Å². The molecule has 0 atom stereocenters. The lowest BCUT2D eigenvalue weighted by Gasteiger charge is -2.11. The van der Waals surface area contributed by atoms with Gasteiger partial charge in [-0.3, -0.25) is 4.79 Å². The summed E-state index contributed by atoms with van der Waals surface area (Å²) in [6, 6.07) is 0. The van der Waals surface area contributed by atoms with Gasteiger partial charge in [0.25, 0.3) is 0 Å². The van der Waals surface area contributed by atoms with Gasteiger partial charge in [0, 0.05) is 5.92 Å². The van der Waals surface area contributed by atoms with Crippen LogP contribution in [0.3, 0.4) is 0 Å². The molecule has 0 aromatic heterocycles. The zero-order valence-corrected chi connectivity index (χ0v) is 10.5. The molecule has 0 spiro atoms. The second kappa shape index (κ2) is 5.14. The van der Waals surface area contributed by atoms with Crippen LogP contribution in [0.2, 0.25) is 0 Å². The van der Waals surface area contributed by atoms with Crippen LogP contribution in [0.5, 0.6) is 0 Å². The van der Waals surface area contributed by atoms with E-state index < -0.39 is 0 Å². The number of hydrogen-bond donors (Lipinski definition) is 0. The molecule has 0 radical (unpaired) electrons. The highest BCUT2D eigenvalue weighted by molar-refractivity contribution is 5.97. The van der Waals surface area contributed by atoms with E-state index >= 15 is 0 Å². The molecule has 80 valence electrons. The van der Waals surface area contributed by atoms with Gasteiger partial charge in [0.1, 0.15) is 0 Å². The predicted molar refractivity (Wildman–Crippen MR) is 62.3 cm³/mol. The lowest BCUT2D eigenvalue weighted by Crippen LogP contribution is -2.10. The Morgan fingerprint density at radius 2 is 1.21 bits per heavy atom. The van der Waals surface area contributed by atoms with Crippen LogP contribution in [0.1, 0.15) is 48.5 Å². The minimum atomic E-state index is 0.0925. The van der Waals surface area contributed by atoms with E-state index in [1.54, 1.807) is 0 Å². The molecule has 0 fully saturated rings. The van der Waals surface area contributed by atoms with E-state index in [4.69, 9.17) is 0 Å². The average Bonchev–Trinajstić information content (AvgIpc) is 2.12. The Hall–Kier alpha value is -0.850. The van der Waals surface area contributed by atoms with Crippen LogP contribution in [-0.2, 0) is 4.79 Å². The fourth-order valence-electron chi connectivity index (χ4n) is 1.27. The lowest BCUT2D eigenvalue weighted by molar-refractivity contribution is -0.118. The Bertz CT molecular complexity index is 286. The molecule has 0 heterocycles. The number of carbonyl (C=O) groups is 1. The van der Waals surface area contributed by atoms with E-state index in [1.807, 2.05) is 27.7 Å². The summed E-state index contributed by atoms with van der Waals surface area (Å²) in [5.74, 6) is 0.345. The quantitative estimate of drug-likeness (QED) is 0.492. The van der Waals surface area contributed by atoms with Crippen LogP contribution in [-0.4, -0.2) is 5.78 Å². The van der Waals surface area contributed by atoms with Gasteiger partial charge >= 0.3 is 0 Å². The van der Waals surface area contributed by atoms with Gasteiger partial charge in [0.05, 0.1) is 0 Å². The SMILES string of the molecule is CC(C)=C(C)/C(C)=C(\C)C(=O)C(C)C. The van der Waals surface area contributed by atoms with E-state index in [2.05, 4.69) is 20.8 Å². The molecule has 1 nitrogen and oxygen atoms in total. The van der Waals surface area contributed by atoms with Crippen molar-refractivity contribution in [3.05, 3.63) is 22.3 Å². The maximum Gasteiger partial charge on any atom is 0.161 e. The Labute approximate surface area is 87.9 Å². The monoisotopic (exact) mass is 194 g/mol. The van der Waals surface area contributed by atoms with Crippen molar-refractivity contribution in [2.75, 3.05) is 0 Å². The molecular weight excluding hydrogens is 172 g/mol. The maximum absolute atomic E-state index is 11.7. The summed E-state index contributed by atoms with van der Waals surface area (Å²) in [7, 11) is 0. The molecule has 0 aliphatic rings. The van der Waals surface area contributed by atoms with Crippen molar-refractivity contribution in [2.45, 2.75) is 48.5 Å². The first-order valence-corrected chi connectivity index (χ1v) is 5.15. The third-order valence-electron chi connectivity index (χ3n) is 2.77. The molecule has 0 aromatic rings. The van der Waals surface area contributed by atoms with Crippen molar-refractivity contribution >= 4 is 5.78 Å². The number of carbonyl (C=O) groups excluding carboxylic acids is 1. The van der Waals surface area contributed by atoms with Gasteiger partial charge in [0.15, 0.2) is 5.78 Å². The van der Waals surface area contributed by atoms with Gasteiger partial charge in [0.2, 0.25) is 0 Å². The van der Waals surface area contributed by atoms with Gasteiger partial charge in [-0.25, -0.2) is 0 Å². The first-order chi connectivity index (χ1) is 6.29. The third-order valence-corrected chi connectivity index (χ3v) is 2.77. The van der Waals surface area contributed by atoms with Crippen LogP contribution in [0.4, 0.5) is 0 Å². The summed E-state index contributed by atoms with van der Waals surface area (Å²) in [4.78, 5) is 11.7. The van der Waals surface area contributed by atoms with Crippen LogP contribution < -0.4 is 0 Å². The van der Waals surface area contributed by atoms with Crippen molar-refractivity contribution < 1.29 is 4.79 Å². The van der Waals surface area contributed by atoms with Gasteiger partial charge < -0.3 is 0 Å². The van der Waals surface area contributed by atoms with Gasteiger partial charge in [-0.05, 0) is 51.3 Å². The molecule has 0 unspecified atom stereocenters. The standard InChI is InChI=1S/C13H22O/c1-8(2)10(5)11(6)12(7)13(14)9(3)4/h9H,1-7H3/b12-11+. The normalized spacial score (nSPS) is 12.6. The zero-order valence-electron chi connectivity index (χ0n) is 10.5. The number of ketones is 1. The molecule has 0 aliphatic heterocycles. The first kappa shape index (κ1) is 13.2. The fourth-order valence-corrected chi connectivity index (χ4v) is 1.27. The van der Waals surface area contributed by atoms with Gasteiger partial charge in [-0.1, -0.05) is 19.4 Å². The molecule has 0 amide bonds.